The summed E-state index contributed by atoms with van der Waals surface area (Å²) in [4.78, 5) is 10.7. The normalized spacial score (nSPS) is 11.3. The predicted octanol–water partition coefficient (Wildman–Crippen LogP) is 1.11. The molecule has 0 spiro atoms. The van der Waals surface area contributed by atoms with E-state index in [-0.39, 0.29) is 13.0 Å². The van der Waals surface area contributed by atoms with Crippen LogP contribution < -0.4 is 0 Å². The maximum atomic E-state index is 10.7. The van der Waals surface area contributed by atoms with Gasteiger partial charge in [0, 0.05) is 0 Å². The Labute approximate surface area is 75.2 Å². The lowest BCUT2D eigenvalue weighted by atomic mass is 10.3. The van der Waals surface area contributed by atoms with Gasteiger partial charge < -0.3 is 9.84 Å². The largest absolute Gasteiger partial charge is 0.466 e. The Kier molecular flexibility index (Phi) is 4.81. The van der Waals surface area contributed by atoms with Gasteiger partial charge in [-0.15, -0.1) is 0 Å². The van der Waals surface area contributed by atoms with Gasteiger partial charge in [0.05, 0.1) is 19.6 Å². The molecule has 0 bridgehead atoms. The van der Waals surface area contributed by atoms with Gasteiger partial charge in [0.15, 0.2) is 4.33 Å². The minimum absolute atomic E-state index is 0.194. The minimum atomic E-state index is -1.41. The summed E-state index contributed by atoms with van der Waals surface area (Å²) >= 11 is 10.9. The second-order valence-electron chi connectivity index (χ2n) is 2.00. The molecule has 0 atom stereocenters. The van der Waals surface area contributed by atoms with E-state index < -0.39 is 16.9 Å². The zero-order valence-corrected chi connectivity index (χ0v) is 7.65. The fraction of sp³-hybridized carbons (Fsp3) is 0.833. The Morgan fingerprint density at radius 3 is 2.55 bits per heavy atom. The Hall–Kier alpha value is 0.01000. The van der Waals surface area contributed by atoms with E-state index in [4.69, 9.17) is 28.3 Å². The standard InChI is InChI=1S/C6H10Cl2O3/c1-2-11-5(10)3-6(7,8)4-9/h9H,2-4H2,1H3. The highest BCUT2D eigenvalue weighted by Gasteiger charge is 2.27. The molecule has 66 valence electrons. The third-order valence-electron chi connectivity index (χ3n) is 0.940. The average molecular weight is 201 g/mol. The van der Waals surface area contributed by atoms with Crippen LogP contribution in [-0.2, 0) is 9.53 Å². The van der Waals surface area contributed by atoms with Crippen LogP contribution in [0, 0.1) is 0 Å². The molecule has 0 aromatic carbocycles. The predicted molar refractivity (Wildman–Crippen MR) is 42.8 cm³/mol. The van der Waals surface area contributed by atoms with Crippen LogP contribution in [0.25, 0.3) is 0 Å². The number of hydrogen-bond donors (Lipinski definition) is 1. The third kappa shape index (κ3) is 5.30. The maximum absolute atomic E-state index is 10.7. The number of esters is 1. The highest BCUT2D eigenvalue weighted by Crippen LogP contribution is 2.24. The van der Waals surface area contributed by atoms with E-state index >= 15 is 0 Å². The van der Waals surface area contributed by atoms with E-state index in [1.807, 2.05) is 0 Å². The molecule has 3 nitrogen and oxygen atoms in total. The van der Waals surface area contributed by atoms with Crippen molar-refractivity contribution in [3.05, 3.63) is 0 Å². The van der Waals surface area contributed by atoms with Gasteiger partial charge in [0.25, 0.3) is 0 Å². The van der Waals surface area contributed by atoms with E-state index in [0.717, 1.165) is 0 Å². The molecule has 11 heavy (non-hydrogen) atoms. The number of rotatable bonds is 4. The molecule has 0 saturated carbocycles. The van der Waals surface area contributed by atoms with Crippen LogP contribution in [0.1, 0.15) is 13.3 Å². The quantitative estimate of drug-likeness (QED) is 0.547. The number of alkyl halides is 2. The second kappa shape index (κ2) is 4.80. The van der Waals surface area contributed by atoms with Crippen LogP contribution in [0.3, 0.4) is 0 Å². The second-order valence-corrected chi connectivity index (χ2v) is 3.64. The summed E-state index contributed by atoms with van der Waals surface area (Å²) < 4.78 is 3.15. The lowest BCUT2D eigenvalue weighted by Crippen LogP contribution is -2.24. The molecule has 0 rings (SSSR count). The molecule has 0 heterocycles. The maximum Gasteiger partial charge on any atom is 0.308 e. The lowest BCUT2D eigenvalue weighted by Gasteiger charge is -2.14. The van der Waals surface area contributed by atoms with Crippen molar-refractivity contribution >= 4 is 29.2 Å². The molecule has 0 fully saturated rings. The van der Waals surface area contributed by atoms with E-state index in [1.165, 1.54) is 0 Å². The fourth-order valence-electron chi connectivity index (χ4n) is 0.479. The first-order chi connectivity index (χ1) is 5.02. The Morgan fingerprint density at radius 2 is 2.18 bits per heavy atom. The van der Waals surface area contributed by atoms with Gasteiger partial charge in [-0.05, 0) is 6.92 Å². The molecular weight excluding hydrogens is 191 g/mol. The Balaban J connectivity index is 3.74. The van der Waals surface area contributed by atoms with E-state index in [1.54, 1.807) is 6.92 Å². The van der Waals surface area contributed by atoms with Crippen molar-refractivity contribution in [3.63, 3.8) is 0 Å². The molecule has 5 heteroatoms. The molecule has 0 aromatic heterocycles. The molecule has 0 radical (unpaired) electrons. The van der Waals surface area contributed by atoms with Gasteiger partial charge in [-0.1, -0.05) is 23.2 Å². The van der Waals surface area contributed by atoms with Gasteiger partial charge in [-0.25, -0.2) is 0 Å². The SMILES string of the molecule is CCOC(=O)CC(Cl)(Cl)CO. The van der Waals surface area contributed by atoms with Crippen LogP contribution in [0.5, 0.6) is 0 Å². The fourth-order valence-corrected chi connectivity index (χ4v) is 0.697. The van der Waals surface area contributed by atoms with E-state index in [2.05, 4.69) is 4.74 Å². The zero-order valence-electron chi connectivity index (χ0n) is 6.14. The molecule has 0 aliphatic carbocycles. The van der Waals surface area contributed by atoms with E-state index in [0.29, 0.717) is 0 Å². The van der Waals surface area contributed by atoms with Crippen molar-refractivity contribution in [2.45, 2.75) is 17.7 Å². The molecule has 0 aromatic rings. The molecule has 0 saturated heterocycles. The Bertz CT molecular complexity index is 136. The smallest absolute Gasteiger partial charge is 0.308 e. The number of carbonyl (C=O) groups is 1. The van der Waals surface area contributed by atoms with Crippen molar-refractivity contribution in [3.8, 4) is 0 Å². The summed E-state index contributed by atoms with van der Waals surface area (Å²) in [6.07, 6.45) is -0.194. The lowest BCUT2D eigenvalue weighted by molar-refractivity contribution is -0.143. The first-order valence-corrected chi connectivity index (χ1v) is 3.91. The Morgan fingerprint density at radius 1 is 1.64 bits per heavy atom. The van der Waals surface area contributed by atoms with Crippen LogP contribution >= 0.6 is 23.2 Å². The molecule has 0 aliphatic heterocycles. The van der Waals surface area contributed by atoms with E-state index in [9.17, 15) is 4.79 Å². The molecular formula is C6H10Cl2O3. The van der Waals surface area contributed by atoms with Gasteiger partial charge in [-0.3, -0.25) is 4.79 Å². The van der Waals surface area contributed by atoms with Crippen molar-refractivity contribution in [2.75, 3.05) is 13.2 Å². The highest BCUT2D eigenvalue weighted by atomic mass is 35.5. The molecule has 0 amide bonds. The number of ether oxygens (including phenoxy) is 1. The topological polar surface area (TPSA) is 46.5 Å². The van der Waals surface area contributed by atoms with Crippen molar-refractivity contribution in [1.82, 2.24) is 0 Å². The van der Waals surface area contributed by atoms with Gasteiger partial charge in [0.1, 0.15) is 0 Å². The first-order valence-electron chi connectivity index (χ1n) is 3.16. The summed E-state index contributed by atoms with van der Waals surface area (Å²) in [6, 6.07) is 0. The van der Waals surface area contributed by atoms with Crippen LogP contribution in [0.15, 0.2) is 0 Å². The summed E-state index contributed by atoms with van der Waals surface area (Å²) in [7, 11) is 0. The third-order valence-corrected chi connectivity index (χ3v) is 1.45. The summed E-state index contributed by atoms with van der Waals surface area (Å²) in [6.45, 7) is 1.50. The highest BCUT2D eigenvalue weighted by molar-refractivity contribution is 6.49. The average Bonchev–Trinajstić information content (AvgIpc) is 1.87. The van der Waals surface area contributed by atoms with Gasteiger partial charge >= 0.3 is 5.97 Å². The van der Waals surface area contributed by atoms with Gasteiger partial charge in [-0.2, -0.15) is 0 Å². The molecule has 0 aliphatic rings. The van der Waals surface area contributed by atoms with Crippen LogP contribution in [0.2, 0.25) is 0 Å². The number of carbonyl (C=O) groups excluding carboxylic acids is 1. The zero-order chi connectivity index (χ0) is 8.91. The van der Waals surface area contributed by atoms with Crippen LogP contribution in [-0.4, -0.2) is 28.6 Å². The van der Waals surface area contributed by atoms with Crippen molar-refractivity contribution in [1.29, 1.82) is 0 Å². The van der Waals surface area contributed by atoms with Crippen molar-refractivity contribution < 1.29 is 14.6 Å². The first kappa shape index (κ1) is 11.0. The van der Waals surface area contributed by atoms with Gasteiger partial charge in [0.2, 0.25) is 0 Å². The molecule has 1 N–H and O–H groups in total. The van der Waals surface area contributed by atoms with Crippen LogP contribution in [0.4, 0.5) is 0 Å². The monoisotopic (exact) mass is 200 g/mol. The minimum Gasteiger partial charge on any atom is -0.466 e. The number of aliphatic hydroxyl groups excluding tert-OH is 1. The number of aliphatic hydroxyl groups is 1. The number of hydrogen-bond acceptors (Lipinski definition) is 3. The molecule has 0 unspecified atom stereocenters. The van der Waals surface area contributed by atoms with Crippen molar-refractivity contribution in [2.24, 2.45) is 0 Å². The summed E-state index contributed by atoms with van der Waals surface area (Å²) in [5, 5.41) is 8.54. The summed E-state index contributed by atoms with van der Waals surface area (Å²) in [5.74, 6) is -0.508. The number of halogens is 2. The summed E-state index contributed by atoms with van der Waals surface area (Å²) in [5.41, 5.74) is 0.